The third kappa shape index (κ3) is 8.03. The van der Waals surface area contributed by atoms with E-state index in [4.69, 9.17) is 9.72 Å². The number of rotatable bonds is 11. The highest BCUT2D eigenvalue weighted by atomic mass is 19.4. The number of morpholine rings is 1. The minimum absolute atomic E-state index is 0.118. The van der Waals surface area contributed by atoms with Gasteiger partial charge in [0, 0.05) is 50.2 Å². The summed E-state index contributed by atoms with van der Waals surface area (Å²) >= 11 is 0. The number of fused-ring (bicyclic) bond motifs is 1. The third-order valence-corrected chi connectivity index (χ3v) is 9.42. The van der Waals surface area contributed by atoms with Gasteiger partial charge in [-0.15, -0.1) is 0 Å². The number of nitrogens with zero attached hydrogens (tertiary/aromatic N) is 6. The lowest BCUT2D eigenvalue weighted by Crippen LogP contribution is -2.36. The van der Waals surface area contributed by atoms with E-state index in [2.05, 4.69) is 19.8 Å². The Hall–Kier alpha value is -4.13. The van der Waals surface area contributed by atoms with Gasteiger partial charge in [0.15, 0.2) is 0 Å². The number of aryl methyl sites for hydroxylation is 1. The largest absolute Gasteiger partial charge is 0.416 e. The minimum Gasteiger partial charge on any atom is -0.378 e. The molecule has 0 bridgehead atoms. The molecule has 7 rings (SSSR count). The summed E-state index contributed by atoms with van der Waals surface area (Å²) in [5.74, 6) is 2.11. The predicted octanol–water partition coefficient (Wildman–Crippen LogP) is 8.04. The van der Waals surface area contributed by atoms with Crippen LogP contribution < -0.4 is 14.7 Å². The van der Waals surface area contributed by atoms with Gasteiger partial charge in [-0.3, -0.25) is 0 Å². The SMILES string of the molecule is Cc1cccc2cc(CN(Cc3cc(C(F)(F)F)cc(C(F)(F)F)c3)c3ncc(N4CCOCC4)cn3)c(N(CC3CC3)CC3CC3)nc12. The van der Waals surface area contributed by atoms with Crippen LogP contribution in [0.1, 0.15) is 53.5 Å². The van der Waals surface area contributed by atoms with E-state index in [1.165, 1.54) is 0 Å². The van der Waals surface area contributed by atoms with Crippen molar-refractivity contribution in [3.05, 3.63) is 82.7 Å². The van der Waals surface area contributed by atoms with Gasteiger partial charge in [0.25, 0.3) is 0 Å². The molecule has 3 fully saturated rings. The standard InChI is InChI=1S/C36H38F6N6O/c1-23-3-2-4-27-15-28(33(45-32(23)27)47(19-24-5-6-24)20-25-7-8-25)22-48(34-43-17-31(18-44-34)46-9-11-49-12-10-46)21-26-13-29(35(37,38)39)16-30(14-26)36(40,41)42/h2-4,13-18,24-25H,5-12,19-22H2,1H3. The zero-order chi connectivity index (χ0) is 34.3. The van der Waals surface area contributed by atoms with E-state index in [9.17, 15) is 26.3 Å². The second-order valence-electron chi connectivity index (χ2n) is 13.5. The summed E-state index contributed by atoms with van der Waals surface area (Å²) in [4.78, 5) is 20.5. The Bertz CT molecular complexity index is 1740. The maximum atomic E-state index is 13.9. The molecule has 1 saturated heterocycles. The molecule has 49 heavy (non-hydrogen) atoms. The molecule has 2 aromatic heterocycles. The Balaban J connectivity index is 1.31. The number of hydrogen-bond acceptors (Lipinski definition) is 7. The molecule has 0 unspecified atom stereocenters. The van der Waals surface area contributed by atoms with E-state index in [1.807, 2.05) is 31.2 Å². The Morgan fingerprint density at radius 1 is 0.796 bits per heavy atom. The molecule has 4 aromatic rings. The molecule has 0 spiro atoms. The summed E-state index contributed by atoms with van der Waals surface area (Å²) < 4.78 is 88.7. The van der Waals surface area contributed by atoms with E-state index < -0.39 is 23.5 Å². The molecule has 2 aromatic carbocycles. The van der Waals surface area contributed by atoms with E-state index in [1.54, 1.807) is 17.3 Å². The van der Waals surface area contributed by atoms with Crippen LogP contribution in [0.5, 0.6) is 0 Å². The number of aromatic nitrogens is 3. The van der Waals surface area contributed by atoms with Gasteiger partial charge < -0.3 is 19.4 Å². The van der Waals surface area contributed by atoms with Gasteiger partial charge in [-0.25, -0.2) is 15.0 Å². The maximum absolute atomic E-state index is 13.9. The first-order valence-electron chi connectivity index (χ1n) is 16.7. The number of anilines is 3. The highest BCUT2D eigenvalue weighted by molar-refractivity contribution is 5.84. The van der Waals surface area contributed by atoms with Crippen LogP contribution in [-0.2, 0) is 30.2 Å². The first-order chi connectivity index (χ1) is 23.4. The lowest BCUT2D eigenvalue weighted by Gasteiger charge is -2.31. The average Bonchev–Trinajstić information content (AvgIpc) is 4.02. The molecule has 0 amide bonds. The van der Waals surface area contributed by atoms with Crippen LogP contribution >= 0.6 is 0 Å². The van der Waals surface area contributed by atoms with Crippen LogP contribution in [0.2, 0.25) is 0 Å². The number of pyridine rings is 1. The molecule has 0 atom stereocenters. The van der Waals surface area contributed by atoms with Gasteiger partial charge >= 0.3 is 12.4 Å². The molecule has 0 radical (unpaired) electrons. The smallest absolute Gasteiger partial charge is 0.378 e. The number of para-hydroxylation sites is 1. The molecule has 3 heterocycles. The number of alkyl halides is 6. The van der Waals surface area contributed by atoms with Crippen molar-refractivity contribution in [3.63, 3.8) is 0 Å². The first-order valence-corrected chi connectivity index (χ1v) is 16.7. The Morgan fingerprint density at radius 3 is 1.98 bits per heavy atom. The Kier molecular flexibility index (Phi) is 9.06. The van der Waals surface area contributed by atoms with Gasteiger partial charge in [0.05, 0.1) is 47.9 Å². The van der Waals surface area contributed by atoms with Crippen LogP contribution in [0, 0.1) is 18.8 Å². The minimum atomic E-state index is -4.96. The molecule has 260 valence electrons. The van der Waals surface area contributed by atoms with Crippen LogP contribution in [0.15, 0.2) is 54.9 Å². The van der Waals surface area contributed by atoms with Gasteiger partial charge in [-0.1, -0.05) is 18.2 Å². The van der Waals surface area contributed by atoms with Gasteiger partial charge in [-0.2, -0.15) is 26.3 Å². The fraction of sp³-hybridized carbons (Fsp3) is 0.472. The average molecular weight is 685 g/mol. The van der Waals surface area contributed by atoms with Crippen molar-refractivity contribution in [3.8, 4) is 0 Å². The van der Waals surface area contributed by atoms with E-state index in [0.29, 0.717) is 38.1 Å². The van der Waals surface area contributed by atoms with E-state index in [-0.39, 0.29) is 30.7 Å². The molecule has 13 heteroatoms. The van der Waals surface area contributed by atoms with Crippen molar-refractivity contribution in [1.29, 1.82) is 0 Å². The topological polar surface area (TPSA) is 57.6 Å². The van der Waals surface area contributed by atoms with Gasteiger partial charge in [0.2, 0.25) is 5.95 Å². The van der Waals surface area contributed by atoms with Crippen LogP contribution in [0.4, 0.5) is 43.8 Å². The summed E-state index contributed by atoms with van der Waals surface area (Å²) in [6.45, 7) is 5.95. The second-order valence-corrected chi connectivity index (χ2v) is 13.5. The summed E-state index contributed by atoms with van der Waals surface area (Å²) in [6.07, 6.45) is -2.05. The van der Waals surface area contributed by atoms with Gasteiger partial charge in [0.1, 0.15) is 5.82 Å². The number of benzene rings is 2. The van der Waals surface area contributed by atoms with Gasteiger partial charge in [-0.05, 0) is 79.8 Å². The summed E-state index contributed by atoms with van der Waals surface area (Å²) in [5, 5.41) is 0.901. The van der Waals surface area contributed by atoms with Crippen molar-refractivity contribution in [2.75, 3.05) is 54.1 Å². The maximum Gasteiger partial charge on any atom is 0.416 e. The second kappa shape index (κ2) is 13.3. The molecule has 0 N–H and O–H groups in total. The molecular weight excluding hydrogens is 646 g/mol. The number of hydrogen-bond donors (Lipinski definition) is 0. The summed E-state index contributed by atoms with van der Waals surface area (Å²) in [6, 6.07) is 9.67. The molecular formula is C36H38F6N6O. The fourth-order valence-corrected chi connectivity index (χ4v) is 6.44. The lowest BCUT2D eigenvalue weighted by atomic mass is 10.0. The zero-order valence-corrected chi connectivity index (χ0v) is 27.2. The Morgan fingerprint density at radius 2 is 1.41 bits per heavy atom. The first kappa shape index (κ1) is 33.4. The highest BCUT2D eigenvalue weighted by Gasteiger charge is 2.37. The quantitative estimate of drug-likeness (QED) is 0.148. The van der Waals surface area contributed by atoms with E-state index in [0.717, 1.165) is 84.4 Å². The van der Waals surface area contributed by atoms with Crippen LogP contribution in [0.3, 0.4) is 0 Å². The van der Waals surface area contributed by atoms with Crippen LogP contribution in [0.25, 0.3) is 10.9 Å². The third-order valence-electron chi connectivity index (χ3n) is 9.42. The molecule has 3 aliphatic rings. The van der Waals surface area contributed by atoms with Crippen molar-refractivity contribution >= 4 is 28.4 Å². The highest BCUT2D eigenvalue weighted by Crippen LogP contribution is 2.39. The predicted molar refractivity (Wildman–Crippen MR) is 176 cm³/mol. The zero-order valence-electron chi connectivity index (χ0n) is 27.2. The Labute approximate surface area is 280 Å². The van der Waals surface area contributed by atoms with Crippen LogP contribution in [-0.4, -0.2) is 54.3 Å². The van der Waals surface area contributed by atoms with E-state index >= 15 is 0 Å². The normalized spacial score (nSPS) is 17.1. The number of ether oxygens (including phenoxy) is 1. The van der Waals surface area contributed by atoms with Crippen molar-refractivity contribution in [2.24, 2.45) is 11.8 Å². The fourth-order valence-electron chi connectivity index (χ4n) is 6.44. The summed E-state index contributed by atoms with van der Waals surface area (Å²) in [5.41, 5.74) is 0.585. The van der Waals surface area contributed by atoms with Crippen molar-refractivity contribution in [2.45, 2.75) is 58.0 Å². The molecule has 2 aliphatic carbocycles. The summed E-state index contributed by atoms with van der Waals surface area (Å²) in [7, 11) is 0. The molecule has 2 saturated carbocycles. The molecule has 7 nitrogen and oxygen atoms in total. The molecule has 1 aliphatic heterocycles. The van der Waals surface area contributed by atoms with Crippen molar-refractivity contribution < 1.29 is 31.1 Å². The van der Waals surface area contributed by atoms with Crippen molar-refractivity contribution in [1.82, 2.24) is 15.0 Å². The monoisotopic (exact) mass is 684 g/mol. The lowest BCUT2D eigenvalue weighted by molar-refractivity contribution is -0.143. The number of halogens is 6.